The van der Waals surface area contributed by atoms with Crippen LogP contribution >= 0.6 is 0 Å². The van der Waals surface area contributed by atoms with E-state index in [1.54, 1.807) is 0 Å². The lowest BCUT2D eigenvalue weighted by Gasteiger charge is -2.30. The summed E-state index contributed by atoms with van der Waals surface area (Å²) < 4.78 is 6.02. The van der Waals surface area contributed by atoms with E-state index in [-0.39, 0.29) is 6.10 Å². The first kappa shape index (κ1) is 17.3. The number of hydrogen-bond donors (Lipinski definition) is 1. The molecule has 1 saturated heterocycles. The van der Waals surface area contributed by atoms with Crippen LogP contribution in [0.5, 0.6) is 5.75 Å². The van der Waals surface area contributed by atoms with Crippen LogP contribution in [0.3, 0.4) is 0 Å². The number of carbonyl (C=O) groups is 1. The third kappa shape index (κ3) is 3.72. The molecular weight excluding hydrogens is 340 g/mol. The number of likely N-dealkylation sites (tertiary alicyclic amines) is 1. The van der Waals surface area contributed by atoms with Crippen molar-refractivity contribution >= 4 is 17.0 Å². The first-order valence-electron chi connectivity index (χ1n) is 9.20. The van der Waals surface area contributed by atoms with Crippen LogP contribution in [0.2, 0.25) is 0 Å². The lowest BCUT2D eigenvalue weighted by Crippen LogP contribution is -2.41. The quantitative estimate of drug-likeness (QED) is 0.731. The lowest BCUT2D eigenvalue weighted by atomic mass is 10.0. The normalized spacial score (nSPS) is 15.1. The van der Waals surface area contributed by atoms with Gasteiger partial charge in [0, 0.05) is 43.1 Å². The number of piperidine rings is 1. The number of hydrogen-bond acceptors (Lipinski definition) is 3. The van der Waals surface area contributed by atoms with Crippen LogP contribution in [-0.4, -0.2) is 40.3 Å². The molecule has 1 N–H and O–H groups in total. The minimum absolute atomic E-state index is 0.0664. The number of amides is 1. The summed E-state index contributed by atoms with van der Waals surface area (Å²) in [5.41, 5.74) is 4.39. The fourth-order valence-corrected chi connectivity index (χ4v) is 3.55. The number of aryl methyl sites for hydroxylation is 1. The van der Waals surface area contributed by atoms with Gasteiger partial charge in [-0.2, -0.15) is 0 Å². The zero-order valence-electron chi connectivity index (χ0n) is 15.3. The summed E-state index contributed by atoms with van der Waals surface area (Å²) in [6.07, 6.45) is 2.57. The van der Waals surface area contributed by atoms with Crippen LogP contribution in [0.15, 0.2) is 54.7 Å². The number of para-hydroxylation sites is 1. The van der Waals surface area contributed by atoms with Gasteiger partial charge >= 0.3 is 6.09 Å². The second-order valence-electron chi connectivity index (χ2n) is 6.98. The Bertz CT molecular complexity index is 961. The molecule has 0 saturated carbocycles. The summed E-state index contributed by atoms with van der Waals surface area (Å²) >= 11 is 0. The van der Waals surface area contributed by atoms with Crippen molar-refractivity contribution in [2.75, 3.05) is 13.1 Å². The predicted molar refractivity (Wildman–Crippen MR) is 105 cm³/mol. The van der Waals surface area contributed by atoms with E-state index < -0.39 is 6.09 Å². The molecule has 1 fully saturated rings. The van der Waals surface area contributed by atoms with Gasteiger partial charge in [0.1, 0.15) is 11.9 Å². The average Bonchev–Trinajstić information content (AvgIpc) is 2.69. The summed E-state index contributed by atoms with van der Waals surface area (Å²) in [6, 6.07) is 16.4. The number of nitrogens with zero attached hydrogens (tertiary/aromatic N) is 2. The Morgan fingerprint density at radius 3 is 2.56 bits per heavy atom. The van der Waals surface area contributed by atoms with Gasteiger partial charge in [-0.3, -0.25) is 4.98 Å². The Morgan fingerprint density at radius 1 is 1.11 bits per heavy atom. The van der Waals surface area contributed by atoms with E-state index in [0.29, 0.717) is 13.1 Å². The number of aromatic nitrogens is 1. The number of carboxylic acid groups (broad SMARTS) is 1. The molecule has 1 aromatic heterocycles. The molecule has 0 aliphatic carbocycles. The summed E-state index contributed by atoms with van der Waals surface area (Å²) in [4.78, 5) is 17.0. The third-order valence-electron chi connectivity index (χ3n) is 5.12. The second-order valence-corrected chi connectivity index (χ2v) is 6.98. The molecule has 0 radical (unpaired) electrons. The first-order chi connectivity index (χ1) is 13.1. The molecule has 27 heavy (non-hydrogen) atoms. The van der Waals surface area contributed by atoms with Crippen LogP contribution in [0.4, 0.5) is 4.79 Å². The van der Waals surface area contributed by atoms with Gasteiger partial charge in [0.15, 0.2) is 0 Å². The topological polar surface area (TPSA) is 62.7 Å². The van der Waals surface area contributed by atoms with E-state index in [0.717, 1.165) is 40.6 Å². The summed E-state index contributed by atoms with van der Waals surface area (Å²) in [7, 11) is 0. The Balaban J connectivity index is 1.46. The maximum atomic E-state index is 11.0. The van der Waals surface area contributed by atoms with Gasteiger partial charge in [-0.15, -0.1) is 0 Å². The number of pyridine rings is 1. The van der Waals surface area contributed by atoms with Gasteiger partial charge in [-0.25, -0.2) is 4.79 Å². The molecule has 1 aliphatic rings. The number of rotatable bonds is 3. The maximum absolute atomic E-state index is 11.0. The third-order valence-corrected chi connectivity index (χ3v) is 5.12. The molecule has 2 heterocycles. The minimum Gasteiger partial charge on any atom is -0.490 e. The smallest absolute Gasteiger partial charge is 0.407 e. The Morgan fingerprint density at radius 2 is 1.85 bits per heavy atom. The second kappa shape index (κ2) is 7.27. The fourth-order valence-electron chi connectivity index (χ4n) is 3.55. The summed E-state index contributed by atoms with van der Waals surface area (Å²) in [5.74, 6) is 0.817. The van der Waals surface area contributed by atoms with Gasteiger partial charge in [0.05, 0.1) is 5.52 Å². The number of ether oxygens (including phenoxy) is 1. The highest BCUT2D eigenvalue weighted by Gasteiger charge is 2.23. The molecule has 138 valence electrons. The average molecular weight is 362 g/mol. The van der Waals surface area contributed by atoms with Gasteiger partial charge in [-0.1, -0.05) is 30.3 Å². The predicted octanol–water partition coefficient (Wildman–Crippen LogP) is 4.73. The molecule has 5 heteroatoms. The van der Waals surface area contributed by atoms with Crippen molar-refractivity contribution < 1.29 is 14.6 Å². The van der Waals surface area contributed by atoms with Gasteiger partial charge in [0.2, 0.25) is 0 Å². The first-order valence-corrected chi connectivity index (χ1v) is 9.20. The molecule has 1 amide bonds. The minimum atomic E-state index is -0.850. The molecule has 0 atom stereocenters. The van der Waals surface area contributed by atoms with Crippen LogP contribution in [-0.2, 0) is 0 Å². The number of benzene rings is 2. The number of fused-ring (bicyclic) bond motifs is 1. The molecule has 0 spiro atoms. The SMILES string of the molecule is Cc1cccc2cc(-c3ccc(OC4CCN(C(=O)O)CC4)cc3)cnc12. The van der Waals surface area contributed by atoms with E-state index in [9.17, 15) is 4.79 Å². The summed E-state index contributed by atoms with van der Waals surface area (Å²) in [5, 5.41) is 10.2. The van der Waals surface area contributed by atoms with Crippen molar-refractivity contribution in [2.24, 2.45) is 0 Å². The summed E-state index contributed by atoms with van der Waals surface area (Å²) in [6.45, 7) is 3.13. The zero-order chi connectivity index (χ0) is 18.8. The highest BCUT2D eigenvalue weighted by Crippen LogP contribution is 2.27. The van der Waals surface area contributed by atoms with Crippen molar-refractivity contribution in [3.05, 3.63) is 60.3 Å². The van der Waals surface area contributed by atoms with Gasteiger partial charge in [-0.05, 0) is 36.2 Å². The molecular formula is C22H22N2O3. The van der Waals surface area contributed by atoms with Crippen LogP contribution in [0, 0.1) is 6.92 Å². The highest BCUT2D eigenvalue weighted by molar-refractivity contribution is 5.85. The Hall–Kier alpha value is -3.08. The Labute approximate surface area is 158 Å². The molecule has 4 rings (SSSR count). The standard InChI is InChI=1S/C22H22N2O3/c1-15-3-2-4-17-13-18(14-23-21(15)17)16-5-7-19(8-6-16)27-20-9-11-24(12-10-20)22(25)26/h2-8,13-14,20H,9-12H2,1H3,(H,25,26). The molecule has 0 unspecified atom stereocenters. The van der Waals surface area contributed by atoms with Crippen LogP contribution < -0.4 is 4.74 Å². The maximum Gasteiger partial charge on any atom is 0.407 e. The van der Waals surface area contributed by atoms with Crippen molar-refractivity contribution in [1.82, 2.24) is 9.88 Å². The lowest BCUT2D eigenvalue weighted by molar-refractivity contribution is 0.0895. The van der Waals surface area contributed by atoms with E-state index in [4.69, 9.17) is 9.84 Å². The molecule has 1 aliphatic heterocycles. The van der Waals surface area contributed by atoms with Crippen LogP contribution in [0.1, 0.15) is 18.4 Å². The largest absolute Gasteiger partial charge is 0.490 e. The van der Waals surface area contributed by atoms with Gasteiger partial charge in [0.25, 0.3) is 0 Å². The zero-order valence-corrected chi connectivity index (χ0v) is 15.3. The molecule has 3 aromatic rings. The van der Waals surface area contributed by atoms with Crippen molar-refractivity contribution in [3.63, 3.8) is 0 Å². The molecule has 2 aromatic carbocycles. The molecule has 5 nitrogen and oxygen atoms in total. The van der Waals surface area contributed by atoms with Crippen molar-refractivity contribution in [3.8, 4) is 16.9 Å². The van der Waals surface area contributed by atoms with Gasteiger partial charge < -0.3 is 14.7 Å². The van der Waals surface area contributed by atoms with E-state index in [1.165, 1.54) is 10.5 Å². The van der Waals surface area contributed by atoms with E-state index >= 15 is 0 Å². The highest BCUT2D eigenvalue weighted by atomic mass is 16.5. The Kier molecular flexibility index (Phi) is 4.67. The van der Waals surface area contributed by atoms with Crippen LogP contribution in [0.25, 0.3) is 22.0 Å². The van der Waals surface area contributed by atoms with Crippen molar-refractivity contribution in [2.45, 2.75) is 25.9 Å². The fraction of sp³-hybridized carbons (Fsp3) is 0.273. The monoisotopic (exact) mass is 362 g/mol. The molecule has 0 bridgehead atoms. The van der Waals surface area contributed by atoms with Crippen molar-refractivity contribution in [1.29, 1.82) is 0 Å². The van der Waals surface area contributed by atoms with E-state index in [2.05, 4.69) is 36.2 Å². The van der Waals surface area contributed by atoms with E-state index in [1.807, 2.05) is 30.5 Å².